The van der Waals surface area contributed by atoms with Gasteiger partial charge in [0, 0.05) is 6.61 Å². The molecule has 0 fully saturated rings. The van der Waals surface area contributed by atoms with Crippen LogP contribution in [0.25, 0.3) is 0 Å². The van der Waals surface area contributed by atoms with Gasteiger partial charge in [0.2, 0.25) is 0 Å². The Morgan fingerprint density at radius 2 is 2.23 bits per heavy atom. The van der Waals surface area contributed by atoms with Gasteiger partial charge in [-0.2, -0.15) is 0 Å². The van der Waals surface area contributed by atoms with Crippen molar-refractivity contribution < 1.29 is 9.52 Å². The molecule has 0 aliphatic heterocycles. The van der Waals surface area contributed by atoms with E-state index >= 15 is 0 Å². The summed E-state index contributed by atoms with van der Waals surface area (Å²) in [5, 5.41) is 11.7. The fraction of sp³-hybridized carbons (Fsp3) is 0.500. The van der Waals surface area contributed by atoms with Crippen molar-refractivity contribution in [3.8, 4) is 0 Å². The molecule has 74 valence electrons. The van der Waals surface area contributed by atoms with E-state index in [1.165, 1.54) is 0 Å². The zero-order valence-electron chi connectivity index (χ0n) is 7.02. The average molecular weight is 313 g/mol. The van der Waals surface area contributed by atoms with Crippen molar-refractivity contribution in [2.24, 2.45) is 0 Å². The van der Waals surface area contributed by atoms with Gasteiger partial charge in [0.05, 0.1) is 11.0 Å². The number of nitrogens with one attached hydrogen (secondary N) is 1. The minimum Gasteiger partial charge on any atom is -0.452 e. The zero-order chi connectivity index (χ0) is 9.68. The zero-order valence-corrected chi connectivity index (χ0v) is 10.2. The second-order valence-corrected chi connectivity index (χ2v) is 4.16. The molecule has 0 atom stereocenters. The van der Waals surface area contributed by atoms with Crippen molar-refractivity contribution in [1.29, 1.82) is 0 Å². The molecular formula is C8H11Br2NO2. The first kappa shape index (κ1) is 11.2. The lowest BCUT2D eigenvalue weighted by molar-refractivity contribution is 0.285. The van der Waals surface area contributed by atoms with Crippen LogP contribution in [0, 0.1) is 0 Å². The van der Waals surface area contributed by atoms with E-state index in [1.807, 2.05) is 6.07 Å². The van der Waals surface area contributed by atoms with Gasteiger partial charge in [0.25, 0.3) is 0 Å². The molecule has 5 heteroatoms. The van der Waals surface area contributed by atoms with Gasteiger partial charge in [0.1, 0.15) is 5.76 Å². The summed E-state index contributed by atoms with van der Waals surface area (Å²) in [6.07, 6.45) is 0.767. The molecule has 0 bridgehead atoms. The highest BCUT2D eigenvalue weighted by molar-refractivity contribution is 9.13. The fourth-order valence-electron chi connectivity index (χ4n) is 0.894. The lowest BCUT2D eigenvalue weighted by Crippen LogP contribution is -2.15. The van der Waals surface area contributed by atoms with Crippen molar-refractivity contribution in [3.63, 3.8) is 0 Å². The Morgan fingerprint density at radius 1 is 1.46 bits per heavy atom. The number of aliphatic hydroxyl groups is 1. The highest BCUT2D eigenvalue weighted by Gasteiger charge is 2.04. The number of furan rings is 1. The normalized spacial score (nSPS) is 10.7. The Bertz CT molecular complexity index is 243. The van der Waals surface area contributed by atoms with Crippen LogP contribution in [0.3, 0.4) is 0 Å². The summed E-state index contributed by atoms with van der Waals surface area (Å²) in [5.41, 5.74) is 0. The highest BCUT2D eigenvalue weighted by atomic mass is 79.9. The van der Waals surface area contributed by atoms with Crippen LogP contribution in [0.4, 0.5) is 0 Å². The first-order valence-corrected chi connectivity index (χ1v) is 5.58. The van der Waals surface area contributed by atoms with E-state index in [0.29, 0.717) is 11.2 Å². The number of rotatable bonds is 5. The molecule has 2 N–H and O–H groups in total. The Labute approximate surface area is 93.8 Å². The van der Waals surface area contributed by atoms with Crippen LogP contribution in [-0.2, 0) is 6.54 Å². The summed E-state index contributed by atoms with van der Waals surface area (Å²) in [4.78, 5) is 0. The molecule has 0 spiro atoms. The summed E-state index contributed by atoms with van der Waals surface area (Å²) in [6, 6.07) is 1.91. The van der Waals surface area contributed by atoms with Gasteiger partial charge in [0.15, 0.2) is 4.67 Å². The van der Waals surface area contributed by atoms with E-state index < -0.39 is 0 Å². The number of hydrogen-bond acceptors (Lipinski definition) is 3. The second-order valence-electron chi connectivity index (χ2n) is 2.59. The van der Waals surface area contributed by atoms with Crippen molar-refractivity contribution in [1.82, 2.24) is 5.32 Å². The van der Waals surface area contributed by atoms with Crippen LogP contribution < -0.4 is 5.32 Å². The van der Waals surface area contributed by atoms with E-state index in [2.05, 4.69) is 37.2 Å². The Balaban J connectivity index is 2.29. The van der Waals surface area contributed by atoms with E-state index in [4.69, 9.17) is 9.52 Å². The third kappa shape index (κ3) is 3.81. The van der Waals surface area contributed by atoms with Crippen LogP contribution in [0.2, 0.25) is 0 Å². The Morgan fingerprint density at radius 3 is 2.77 bits per heavy atom. The lowest BCUT2D eigenvalue weighted by Gasteiger charge is -1.99. The maximum absolute atomic E-state index is 8.53. The molecule has 0 aliphatic carbocycles. The Kier molecular flexibility index (Phi) is 5.01. The molecule has 3 nitrogen and oxygen atoms in total. The van der Waals surface area contributed by atoms with Crippen LogP contribution in [0.5, 0.6) is 0 Å². The first-order valence-electron chi connectivity index (χ1n) is 3.99. The number of halogens is 2. The van der Waals surface area contributed by atoms with Crippen molar-refractivity contribution in [2.45, 2.75) is 13.0 Å². The maximum Gasteiger partial charge on any atom is 0.183 e. The molecule has 0 radical (unpaired) electrons. The summed E-state index contributed by atoms with van der Waals surface area (Å²) in [6.45, 7) is 1.70. The molecule has 0 saturated heterocycles. The van der Waals surface area contributed by atoms with Crippen LogP contribution in [-0.4, -0.2) is 18.3 Å². The van der Waals surface area contributed by atoms with Gasteiger partial charge in [-0.25, -0.2) is 0 Å². The Hall–Kier alpha value is 0.160. The molecule has 0 unspecified atom stereocenters. The van der Waals surface area contributed by atoms with E-state index in [-0.39, 0.29) is 6.61 Å². The molecule has 0 aromatic carbocycles. The SMILES string of the molecule is OCCCNCc1cc(Br)c(Br)o1. The average Bonchev–Trinajstić information content (AvgIpc) is 2.41. The largest absolute Gasteiger partial charge is 0.452 e. The van der Waals surface area contributed by atoms with Gasteiger partial charge < -0.3 is 14.8 Å². The van der Waals surface area contributed by atoms with Gasteiger partial charge in [-0.05, 0) is 50.9 Å². The molecule has 13 heavy (non-hydrogen) atoms. The van der Waals surface area contributed by atoms with E-state index in [9.17, 15) is 0 Å². The molecular weight excluding hydrogens is 302 g/mol. The standard InChI is InChI=1S/C8H11Br2NO2/c9-7-4-6(13-8(7)10)5-11-2-1-3-12/h4,11-12H,1-3,5H2. The van der Waals surface area contributed by atoms with Crippen molar-refractivity contribution in [3.05, 3.63) is 21.0 Å². The maximum atomic E-state index is 8.53. The third-order valence-electron chi connectivity index (χ3n) is 1.51. The monoisotopic (exact) mass is 311 g/mol. The predicted molar refractivity (Wildman–Crippen MR) is 57.5 cm³/mol. The minimum atomic E-state index is 0.221. The molecule has 1 rings (SSSR count). The smallest absolute Gasteiger partial charge is 0.183 e. The number of hydrogen-bond donors (Lipinski definition) is 2. The van der Waals surface area contributed by atoms with Gasteiger partial charge >= 0.3 is 0 Å². The van der Waals surface area contributed by atoms with Crippen LogP contribution in [0.1, 0.15) is 12.2 Å². The van der Waals surface area contributed by atoms with E-state index in [0.717, 1.165) is 23.2 Å². The fourth-order valence-corrected chi connectivity index (χ4v) is 1.55. The molecule has 1 aromatic rings. The van der Waals surface area contributed by atoms with Crippen LogP contribution in [0.15, 0.2) is 19.6 Å². The van der Waals surface area contributed by atoms with Gasteiger partial charge in [-0.15, -0.1) is 0 Å². The summed E-state index contributed by atoms with van der Waals surface area (Å²) in [5.74, 6) is 0.872. The summed E-state index contributed by atoms with van der Waals surface area (Å²) in [7, 11) is 0. The number of aliphatic hydroxyl groups excluding tert-OH is 1. The van der Waals surface area contributed by atoms with Crippen LogP contribution >= 0.6 is 31.9 Å². The first-order chi connectivity index (χ1) is 6.24. The molecule has 1 aromatic heterocycles. The summed E-state index contributed by atoms with van der Waals surface area (Å²) < 4.78 is 6.98. The second kappa shape index (κ2) is 5.80. The third-order valence-corrected chi connectivity index (χ3v) is 3.22. The minimum absolute atomic E-state index is 0.221. The molecule has 0 saturated carbocycles. The molecule has 0 amide bonds. The predicted octanol–water partition coefficient (Wildman–Crippen LogP) is 2.28. The van der Waals surface area contributed by atoms with E-state index in [1.54, 1.807) is 0 Å². The molecule has 0 aliphatic rings. The van der Waals surface area contributed by atoms with Gasteiger partial charge in [-0.1, -0.05) is 0 Å². The topological polar surface area (TPSA) is 45.4 Å². The van der Waals surface area contributed by atoms with Crippen molar-refractivity contribution >= 4 is 31.9 Å². The molecule has 1 heterocycles. The van der Waals surface area contributed by atoms with Crippen molar-refractivity contribution in [2.75, 3.05) is 13.2 Å². The quantitative estimate of drug-likeness (QED) is 0.820. The lowest BCUT2D eigenvalue weighted by atomic mass is 10.4. The van der Waals surface area contributed by atoms with Gasteiger partial charge in [-0.3, -0.25) is 0 Å². The summed E-state index contributed by atoms with van der Waals surface area (Å²) >= 11 is 6.59. The highest BCUT2D eigenvalue weighted by Crippen LogP contribution is 2.26.